The first-order valence-electron chi connectivity index (χ1n) is 8.81. The highest BCUT2D eigenvalue weighted by molar-refractivity contribution is 5.26. The number of hydrogen-bond acceptors (Lipinski definition) is 1. The maximum atomic E-state index is 6.40. The molecule has 2 rings (SSSR count). The SMILES string of the molecule is C=C[C@@H]1CC[C@H](OC(C)(C)C)[C@@]1(C)CC/C=c1\ccccc1=C. The van der Waals surface area contributed by atoms with E-state index < -0.39 is 0 Å². The Labute approximate surface area is 141 Å². The van der Waals surface area contributed by atoms with Gasteiger partial charge in [-0.15, -0.1) is 6.58 Å². The van der Waals surface area contributed by atoms with Crippen LogP contribution >= 0.6 is 0 Å². The molecule has 0 aromatic heterocycles. The molecule has 1 nitrogen and oxygen atoms in total. The monoisotopic (exact) mass is 312 g/mol. The lowest BCUT2D eigenvalue weighted by Gasteiger charge is -2.39. The molecule has 0 unspecified atom stereocenters. The molecule has 0 bridgehead atoms. The van der Waals surface area contributed by atoms with Gasteiger partial charge in [-0.1, -0.05) is 49.9 Å². The van der Waals surface area contributed by atoms with E-state index in [4.69, 9.17) is 4.74 Å². The van der Waals surface area contributed by atoms with E-state index in [0.717, 1.165) is 24.5 Å². The topological polar surface area (TPSA) is 9.23 Å². The Kier molecular flexibility index (Phi) is 5.52. The van der Waals surface area contributed by atoms with Gasteiger partial charge in [0.25, 0.3) is 0 Å². The van der Waals surface area contributed by atoms with Gasteiger partial charge in [0.15, 0.2) is 0 Å². The van der Waals surface area contributed by atoms with Crippen LogP contribution in [0.5, 0.6) is 0 Å². The molecule has 0 spiro atoms. The van der Waals surface area contributed by atoms with Crippen molar-refractivity contribution >= 4 is 12.7 Å². The van der Waals surface area contributed by atoms with Crippen molar-refractivity contribution in [1.29, 1.82) is 0 Å². The fourth-order valence-corrected chi connectivity index (χ4v) is 3.85. The Hall–Kier alpha value is -1.34. The van der Waals surface area contributed by atoms with Crippen molar-refractivity contribution in [3.05, 3.63) is 47.4 Å². The second-order valence-corrected chi connectivity index (χ2v) is 8.09. The summed E-state index contributed by atoms with van der Waals surface area (Å²) in [5, 5.41) is 2.35. The predicted octanol–water partition coefficient (Wildman–Crippen LogP) is 4.44. The molecule has 1 aliphatic rings. The lowest BCUT2D eigenvalue weighted by atomic mass is 9.74. The van der Waals surface area contributed by atoms with E-state index in [1.165, 1.54) is 11.6 Å². The summed E-state index contributed by atoms with van der Waals surface area (Å²) in [6.07, 6.45) is 9.27. The van der Waals surface area contributed by atoms with Gasteiger partial charge in [0, 0.05) is 5.41 Å². The number of hydrogen-bond donors (Lipinski definition) is 0. The van der Waals surface area contributed by atoms with Gasteiger partial charge in [-0.25, -0.2) is 0 Å². The van der Waals surface area contributed by atoms with Gasteiger partial charge in [0.2, 0.25) is 0 Å². The largest absolute Gasteiger partial charge is 0.372 e. The molecule has 23 heavy (non-hydrogen) atoms. The smallest absolute Gasteiger partial charge is 0.0641 e. The summed E-state index contributed by atoms with van der Waals surface area (Å²) in [5.41, 5.74) is 0.0767. The standard InChI is InChI=1S/C22H32O/c1-7-19-14-15-20(23-21(3,4)5)22(19,6)16-10-13-18-12-9-8-11-17(18)2/h7-9,11-13,19-20H,1-2,10,14-16H2,3-6H3/b18-13+/t19-,20+,22+/m1/s1. The minimum Gasteiger partial charge on any atom is -0.372 e. The van der Waals surface area contributed by atoms with Gasteiger partial charge in [-0.3, -0.25) is 0 Å². The van der Waals surface area contributed by atoms with Crippen LogP contribution in [0.25, 0.3) is 12.7 Å². The van der Waals surface area contributed by atoms with Crippen LogP contribution in [0.1, 0.15) is 53.4 Å². The third-order valence-corrected chi connectivity index (χ3v) is 5.21. The maximum Gasteiger partial charge on any atom is 0.0641 e. The molecule has 1 aliphatic carbocycles. The third kappa shape index (κ3) is 4.35. The molecule has 126 valence electrons. The van der Waals surface area contributed by atoms with E-state index >= 15 is 0 Å². The molecule has 3 atom stereocenters. The zero-order valence-electron chi connectivity index (χ0n) is 15.3. The summed E-state index contributed by atoms with van der Waals surface area (Å²) in [6.45, 7) is 17.0. The fraction of sp³-hybridized carbons (Fsp3) is 0.545. The van der Waals surface area contributed by atoms with Crippen molar-refractivity contribution in [3.63, 3.8) is 0 Å². The van der Waals surface area contributed by atoms with E-state index in [2.05, 4.69) is 71.2 Å². The average Bonchev–Trinajstić information content (AvgIpc) is 2.76. The molecule has 1 aromatic carbocycles. The summed E-state index contributed by atoms with van der Waals surface area (Å²) in [6, 6.07) is 8.34. The van der Waals surface area contributed by atoms with Crippen molar-refractivity contribution in [2.75, 3.05) is 0 Å². The maximum absolute atomic E-state index is 6.40. The van der Waals surface area contributed by atoms with Crippen LogP contribution in [0.4, 0.5) is 0 Å². The summed E-state index contributed by atoms with van der Waals surface area (Å²) in [7, 11) is 0. The third-order valence-electron chi connectivity index (χ3n) is 5.21. The second-order valence-electron chi connectivity index (χ2n) is 8.09. The Morgan fingerprint density at radius 3 is 2.57 bits per heavy atom. The molecule has 0 radical (unpaired) electrons. The van der Waals surface area contributed by atoms with Crippen LogP contribution in [-0.2, 0) is 4.74 Å². The van der Waals surface area contributed by atoms with E-state index in [0.29, 0.717) is 12.0 Å². The Morgan fingerprint density at radius 2 is 1.96 bits per heavy atom. The summed E-state index contributed by atoms with van der Waals surface area (Å²) >= 11 is 0. The van der Waals surface area contributed by atoms with Crippen LogP contribution in [0.2, 0.25) is 0 Å². The van der Waals surface area contributed by atoms with E-state index in [-0.39, 0.29) is 11.0 Å². The molecule has 1 fully saturated rings. The molecule has 0 N–H and O–H groups in total. The number of allylic oxidation sites excluding steroid dienone is 1. The van der Waals surface area contributed by atoms with Crippen molar-refractivity contribution < 1.29 is 4.74 Å². The average molecular weight is 312 g/mol. The molecule has 1 heteroatoms. The Balaban J connectivity index is 2.16. The zero-order chi connectivity index (χ0) is 17.1. The summed E-state index contributed by atoms with van der Waals surface area (Å²) in [4.78, 5) is 0. The minimum atomic E-state index is -0.0916. The first-order chi connectivity index (χ1) is 10.8. The molecule has 1 saturated carbocycles. The van der Waals surface area contributed by atoms with Crippen molar-refractivity contribution in [2.45, 2.75) is 65.1 Å². The molecule has 0 heterocycles. The van der Waals surface area contributed by atoms with Gasteiger partial charge >= 0.3 is 0 Å². The summed E-state index contributed by atoms with van der Waals surface area (Å²) in [5.74, 6) is 0.540. The predicted molar refractivity (Wildman–Crippen MR) is 101 cm³/mol. The molecule has 0 amide bonds. The van der Waals surface area contributed by atoms with Crippen LogP contribution in [-0.4, -0.2) is 11.7 Å². The molecule has 0 saturated heterocycles. The van der Waals surface area contributed by atoms with E-state index in [1.54, 1.807) is 0 Å². The van der Waals surface area contributed by atoms with Gasteiger partial charge in [0.05, 0.1) is 11.7 Å². The second kappa shape index (κ2) is 7.05. The van der Waals surface area contributed by atoms with Crippen LogP contribution < -0.4 is 10.4 Å². The Bertz CT molecular complexity index is 637. The number of ether oxygens (including phenoxy) is 1. The summed E-state index contributed by atoms with van der Waals surface area (Å²) < 4.78 is 6.40. The Morgan fingerprint density at radius 1 is 1.26 bits per heavy atom. The van der Waals surface area contributed by atoms with Crippen molar-refractivity contribution in [2.24, 2.45) is 11.3 Å². The molecular weight excluding hydrogens is 280 g/mol. The number of rotatable bonds is 5. The quantitative estimate of drug-likeness (QED) is 0.730. The number of benzene rings is 1. The zero-order valence-corrected chi connectivity index (χ0v) is 15.3. The normalized spacial score (nSPS) is 29.0. The van der Waals surface area contributed by atoms with Crippen molar-refractivity contribution in [1.82, 2.24) is 0 Å². The lowest BCUT2D eigenvalue weighted by Crippen LogP contribution is -2.38. The van der Waals surface area contributed by atoms with Gasteiger partial charge < -0.3 is 4.74 Å². The highest BCUT2D eigenvalue weighted by Gasteiger charge is 2.46. The van der Waals surface area contributed by atoms with Crippen molar-refractivity contribution in [3.8, 4) is 0 Å². The lowest BCUT2D eigenvalue weighted by molar-refractivity contribution is -0.107. The first kappa shape index (κ1) is 18.0. The van der Waals surface area contributed by atoms with Gasteiger partial charge in [-0.2, -0.15) is 0 Å². The van der Waals surface area contributed by atoms with E-state index in [1.807, 2.05) is 6.07 Å². The molecule has 0 aliphatic heterocycles. The van der Waals surface area contributed by atoms with E-state index in [9.17, 15) is 0 Å². The van der Waals surface area contributed by atoms with Crippen LogP contribution in [0, 0.1) is 11.3 Å². The van der Waals surface area contributed by atoms with Gasteiger partial charge in [0.1, 0.15) is 0 Å². The molecular formula is C22H32O. The van der Waals surface area contributed by atoms with Crippen LogP contribution in [0.3, 0.4) is 0 Å². The van der Waals surface area contributed by atoms with Gasteiger partial charge in [-0.05, 0) is 62.8 Å². The fourth-order valence-electron chi connectivity index (χ4n) is 3.85. The molecule has 1 aromatic rings. The minimum absolute atomic E-state index is 0.0916. The van der Waals surface area contributed by atoms with Crippen LogP contribution in [0.15, 0.2) is 36.9 Å². The highest BCUT2D eigenvalue weighted by atomic mass is 16.5. The highest BCUT2D eigenvalue weighted by Crippen LogP contribution is 2.49. The first-order valence-corrected chi connectivity index (χ1v) is 8.81.